The van der Waals surface area contributed by atoms with Crippen LogP contribution in [0.5, 0.6) is 0 Å². The van der Waals surface area contributed by atoms with E-state index in [1.165, 1.54) is 15.5 Å². The summed E-state index contributed by atoms with van der Waals surface area (Å²) in [7, 11) is 0. The fourth-order valence-electron chi connectivity index (χ4n) is 2.22. The van der Waals surface area contributed by atoms with Crippen LogP contribution in [-0.2, 0) is 16.1 Å². The number of aromatic nitrogens is 1. The Morgan fingerprint density at radius 3 is 2.75 bits per heavy atom. The number of hydrogen-bond acceptors (Lipinski definition) is 3. The molecule has 0 spiro atoms. The number of carbonyl (C=O) groups excluding carboxylic acids is 1. The van der Waals surface area contributed by atoms with Crippen LogP contribution in [-0.4, -0.2) is 39.5 Å². The first kappa shape index (κ1) is 14.8. The Morgan fingerprint density at radius 2 is 2.15 bits per heavy atom. The summed E-state index contributed by atoms with van der Waals surface area (Å²) in [5.74, 6) is -1.14. The van der Waals surface area contributed by atoms with Gasteiger partial charge in [0.05, 0.1) is 5.41 Å². The van der Waals surface area contributed by atoms with E-state index in [0.717, 1.165) is 0 Å². The van der Waals surface area contributed by atoms with E-state index in [1.54, 1.807) is 19.2 Å². The zero-order chi connectivity index (χ0) is 14.9. The maximum atomic E-state index is 12.1. The van der Waals surface area contributed by atoms with E-state index in [-0.39, 0.29) is 24.6 Å². The van der Waals surface area contributed by atoms with E-state index in [0.29, 0.717) is 17.4 Å². The molecule has 1 aliphatic heterocycles. The second-order valence-corrected chi connectivity index (χ2v) is 6.16. The summed E-state index contributed by atoms with van der Waals surface area (Å²) < 4.78 is 2.02. The molecule has 0 bridgehead atoms. The summed E-state index contributed by atoms with van der Waals surface area (Å²) in [6, 6.07) is 2.99. The van der Waals surface area contributed by atoms with E-state index >= 15 is 0 Å². The Kier molecular flexibility index (Phi) is 3.99. The minimum atomic E-state index is -0.896. The minimum Gasteiger partial charge on any atom is -0.481 e. The maximum absolute atomic E-state index is 12.1. The lowest BCUT2D eigenvalue weighted by Gasteiger charge is -2.20. The molecule has 7 heteroatoms. The van der Waals surface area contributed by atoms with Crippen LogP contribution in [0.25, 0.3) is 0 Å². The number of likely N-dealkylation sites (tertiary alicyclic amines) is 1. The number of aliphatic carboxylic acids is 1. The lowest BCUT2D eigenvalue weighted by Crippen LogP contribution is -2.38. The molecule has 0 saturated carbocycles. The Hall–Kier alpha value is -1.63. The van der Waals surface area contributed by atoms with E-state index in [2.05, 4.69) is 15.9 Å². The van der Waals surface area contributed by atoms with Crippen LogP contribution in [0.15, 0.2) is 27.6 Å². The molecular formula is C13H15BrN2O4. The number of halogens is 1. The highest BCUT2D eigenvalue weighted by Gasteiger charge is 2.41. The van der Waals surface area contributed by atoms with Crippen molar-refractivity contribution in [2.45, 2.75) is 19.9 Å². The van der Waals surface area contributed by atoms with Crippen molar-refractivity contribution < 1.29 is 14.7 Å². The maximum Gasteiger partial charge on any atom is 0.311 e. The molecule has 1 amide bonds. The van der Waals surface area contributed by atoms with Gasteiger partial charge in [-0.2, -0.15) is 0 Å². The van der Waals surface area contributed by atoms with Crippen molar-refractivity contribution in [3.8, 4) is 0 Å². The molecule has 0 radical (unpaired) electrons. The van der Waals surface area contributed by atoms with Crippen molar-refractivity contribution in [3.05, 3.63) is 33.2 Å². The van der Waals surface area contributed by atoms with Crippen molar-refractivity contribution in [3.63, 3.8) is 0 Å². The van der Waals surface area contributed by atoms with Gasteiger partial charge in [-0.3, -0.25) is 14.4 Å². The molecular weight excluding hydrogens is 328 g/mol. The summed E-state index contributed by atoms with van der Waals surface area (Å²) >= 11 is 3.24. The second-order valence-electron chi connectivity index (χ2n) is 5.24. The Balaban J connectivity index is 2.09. The molecule has 0 aliphatic carbocycles. The summed E-state index contributed by atoms with van der Waals surface area (Å²) in [5, 5.41) is 9.14. The Bertz CT molecular complexity index is 613. The van der Waals surface area contributed by atoms with Crippen LogP contribution in [0.1, 0.15) is 13.3 Å². The molecule has 2 rings (SSSR count). The second kappa shape index (κ2) is 5.40. The third-order valence-corrected chi connectivity index (χ3v) is 4.06. The van der Waals surface area contributed by atoms with Crippen molar-refractivity contribution in [1.82, 2.24) is 9.47 Å². The van der Waals surface area contributed by atoms with Gasteiger partial charge in [-0.05, 0) is 35.3 Å². The van der Waals surface area contributed by atoms with Crippen LogP contribution in [0.4, 0.5) is 0 Å². The zero-order valence-corrected chi connectivity index (χ0v) is 12.6. The summed E-state index contributed by atoms with van der Waals surface area (Å²) in [6.45, 7) is 2.15. The standard InChI is InChI=1S/C13H15BrN2O4/c1-13(12(19)20)4-5-15(8-13)11(18)7-16-6-9(14)2-3-10(16)17/h2-3,6H,4-5,7-8H2,1H3,(H,19,20). The fourth-order valence-corrected chi connectivity index (χ4v) is 2.60. The predicted molar refractivity (Wildman–Crippen MR) is 75.3 cm³/mol. The van der Waals surface area contributed by atoms with E-state index in [4.69, 9.17) is 5.11 Å². The fraction of sp³-hybridized carbons (Fsp3) is 0.462. The molecule has 1 aromatic rings. The molecule has 1 N–H and O–H groups in total. The number of rotatable bonds is 3. The SMILES string of the molecule is CC1(C(=O)O)CCN(C(=O)Cn2cc(Br)ccc2=O)C1. The topological polar surface area (TPSA) is 79.6 Å². The average molecular weight is 343 g/mol. The number of pyridine rings is 1. The van der Waals surface area contributed by atoms with Crippen LogP contribution >= 0.6 is 15.9 Å². The van der Waals surface area contributed by atoms with Gasteiger partial charge in [0.25, 0.3) is 5.56 Å². The highest BCUT2D eigenvalue weighted by Crippen LogP contribution is 2.30. The van der Waals surface area contributed by atoms with Crippen molar-refractivity contribution >= 4 is 27.8 Å². The van der Waals surface area contributed by atoms with Gasteiger partial charge in [0.1, 0.15) is 6.54 Å². The quantitative estimate of drug-likeness (QED) is 0.886. The number of carbonyl (C=O) groups is 2. The predicted octanol–water partition coefficient (Wildman–Crippen LogP) is 0.934. The summed E-state index contributed by atoms with van der Waals surface area (Å²) in [5.41, 5.74) is -1.15. The first-order valence-electron chi connectivity index (χ1n) is 6.19. The van der Waals surface area contributed by atoms with Crippen molar-refractivity contribution in [1.29, 1.82) is 0 Å². The molecule has 6 nitrogen and oxygen atoms in total. The molecule has 1 unspecified atom stereocenters. The number of carboxylic acid groups (broad SMARTS) is 1. The molecule has 2 heterocycles. The first-order valence-corrected chi connectivity index (χ1v) is 6.98. The van der Waals surface area contributed by atoms with E-state index in [1.807, 2.05) is 0 Å². The number of hydrogen-bond donors (Lipinski definition) is 1. The molecule has 1 saturated heterocycles. The largest absolute Gasteiger partial charge is 0.481 e. The molecule has 0 aromatic carbocycles. The number of amides is 1. The van der Waals surface area contributed by atoms with Gasteiger partial charge in [0, 0.05) is 29.8 Å². The first-order chi connectivity index (χ1) is 9.32. The van der Waals surface area contributed by atoms with Gasteiger partial charge in [0.15, 0.2) is 0 Å². The number of nitrogens with zero attached hydrogens (tertiary/aromatic N) is 2. The highest BCUT2D eigenvalue weighted by atomic mass is 79.9. The van der Waals surface area contributed by atoms with Gasteiger partial charge in [-0.1, -0.05) is 0 Å². The lowest BCUT2D eigenvalue weighted by atomic mass is 9.90. The molecule has 1 fully saturated rings. The van der Waals surface area contributed by atoms with Crippen molar-refractivity contribution in [2.24, 2.45) is 5.41 Å². The van der Waals surface area contributed by atoms with Crippen LogP contribution in [0.2, 0.25) is 0 Å². The molecule has 108 valence electrons. The number of carboxylic acids is 1. The van der Waals surface area contributed by atoms with Crippen LogP contribution in [0, 0.1) is 5.41 Å². The smallest absolute Gasteiger partial charge is 0.311 e. The summed E-state index contributed by atoms with van der Waals surface area (Å²) in [4.78, 5) is 36.4. The Labute approximate surface area is 124 Å². The van der Waals surface area contributed by atoms with E-state index < -0.39 is 11.4 Å². The monoisotopic (exact) mass is 342 g/mol. The molecule has 1 aliphatic rings. The average Bonchev–Trinajstić information content (AvgIpc) is 2.78. The third kappa shape index (κ3) is 2.92. The Morgan fingerprint density at radius 1 is 1.45 bits per heavy atom. The lowest BCUT2D eigenvalue weighted by molar-refractivity contribution is -0.147. The van der Waals surface area contributed by atoms with Gasteiger partial charge in [-0.25, -0.2) is 0 Å². The van der Waals surface area contributed by atoms with Gasteiger partial charge in [-0.15, -0.1) is 0 Å². The molecule has 1 aromatic heterocycles. The summed E-state index contributed by atoms with van der Waals surface area (Å²) in [6.07, 6.45) is 1.98. The zero-order valence-electron chi connectivity index (χ0n) is 11.0. The van der Waals surface area contributed by atoms with Crippen molar-refractivity contribution in [2.75, 3.05) is 13.1 Å². The van der Waals surface area contributed by atoms with Gasteiger partial charge >= 0.3 is 5.97 Å². The van der Waals surface area contributed by atoms with Gasteiger partial charge < -0.3 is 14.6 Å². The minimum absolute atomic E-state index is 0.0754. The molecule has 1 atom stereocenters. The third-order valence-electron chi connectivity index (χ3n) is 3.60. The highest BCUT2D eigenvalue weighted by molar-refractivity contribution is 9.10. The van der Waals surface area contributed by atoms with E-state index in [9.17, 15) is 14.4 Å². The van der Waals surface area contributed by atoms with Crippen LogP contribution < -0.4 is 5.56 Å². The van der Waals surface area contributed by atoms with Crippen LogP contribution in [0.3, 0.4) is 0 Å². The van der Waals surface area contributed by atoms with Gasteiger partial charge in [0.2, 0.25) is 5.91 Å². The normalized spacial score (nSPS) is 22.0. The molecule has 20 heavy (non-hydrogen) atoms.